The van der Waals surface area contributed by atoms with Gasteiger partial charge in [-0.25, -0.2) is 9.78 Å². The van der Waals surface area contributed by atoms with E-state index < -0.39 is 0 Å². The third-order valence-electron chi connectivity index (χ3n) is 4.28. The van der Waals surface area contributed by atoms with Crippen LogP contribution in [0.3, 0.4) is 0 Å². The van der Waals surface area contributed by atoms with Gasteiger partial charge >= 0.3 is 6.03 Å². The van der Waals surface area contributed by atoms with Crippen molar-refractivity contribution < 1.29 is 4.79 Å². The average Bonchev–Trinajstić information content (AvgIpc) is 3.08. The molecule has 0 saturated heterocycles. The van der Waals surface area contributed by atoms with Gasteiger partial charge in [-0.1, -0.05) is 18.2 Å². The van der Waals surface area contributed by atoms with E-state index in [1.807, 2.05) is 30.3 Å². The highest BCUT2D eigenvalue weighted by Crippen LogP contribution is 2.15. The van der Waals surface area contributed by atoms with Gasteiger partial charge in [0, 0.05) is 31.9 Å². The Morgan fingerprint density at radius 1 is 1.15 bits per heavy atom. The minimum atomic E-state index is -0.335. The lowest BCUT2D eigenvalue weighted by atomic mass is 10.2. The first kappa shape index (κ1) is 16.7. The summed E-state index contributed by atoms with van der Waals surface area (Å²) in [7, 11) is 3.28. The van der Waals surface area contributed by atoms with E-state index in [1.54, 1.807) is 37.0 Å². The number of urea groups is 1. The molecule has 0 bridgehead atoms. The Balaban J connectivity index is 1.52. The molecule has 0 aliphatic carbocycles. The molecule has 9 heteroatoms. The van der Waals surface area contributed by atoms with Crippen molar-refractivity contribution >= 4 is 28.4 Å². The Morgan fingerprint density at radius 3 is 2.81 bits per heavy atom. The van der Waals surface area contributed by atoms with Gasteiger partial charge in [0.2, 0.25) is 5.65 Å². The van der Waals surface area contributed by atoms with Crippen LogP contribution in [0, 0.1) is 0 Å². The van der Waals surface area contributed by atoms with E-state index in [2.05, 4.69) is 20.5 Å². The first-order valence-corrected chi connectivity index (χ1v) is 8.30. The number of hydrogen-bond acceptors (Lipinski definition) is 5. The van der Waals surface area contributed by atoms with Gasteiger partial charge in [0.15, 0.2) is 5.82 Å². The molecule has 0 unspecified atom stereocenters. The SMILES string of the molecule is CN(Cc1nnc2c(=O)n(C)ccn12)C(=O)Nc1ccc2ccccc2n1. The molecule has 1 aromatic carbocycles. The number of rotatable bonds is 3. The summed E-state index contributed by atoms with van der Waals surface area (Å²) in [6.07, 6.45) is 3.32. The second-order valence-corrected chi connectivity index (χ2v) is 6.20. The molecule has 2 amide bonds. The van der Waals surface area contributed by atoms with Crippen LogP contribution in [0.2, 0.25) is 0 Å². The summed E-state index contributed by atoms with van der Waals surface area (Å²) in [5.41, 5.74) is 0.779. The predicted octanol–water partition coefficient (Wildman–Crippen LogP) is 1.64. The van der Waals surface area contributed by atoms with Gasteiger partial charge in [-0.15, -0.1) is 10.2 Å². The number of benzene rings is 1. The van der Waals surface area contributed by atoms with Crippen molar-refractivity contribution in [3.63, 3.8) is 0 Å². The zero-order valence-corrected chi connectivity index (χ0v) is 14.8. The number of fused-ring (bicyclic) bond motifs is 2. The molecule has 4 rings (SSSR count). The molecule has 0 fully saturated rings. The van der Waals surface area contributed by atoms with Crippen LogP contribution < -0.4 is 10.9 Å². The lowest BCUT2D eigenvalue weighted by Gasteiger charge is -2.16. The summed E-state index contributed by atoms with van der Waals surface area (Å²) in [4.78, 5) is 30.4. The summed E-state index contributed by atoms with van der Waals surface area (Å²) >= 11 is 0. The first-order chi connectivity index (χ1) is 13.0. The molecule has 0 radical (unpaired) electrons. The highest BCUT2D eigenvalue weighted by atomic mass is 16.2. The number of carbonyl (C=O) groups excluding carboxylic acids is 1. The van der Waals surface area contributed by atoms with Crippen molar-refractivity contribution in [2.75, 3.05) is 12.4 Å². The van der Waals surface area contributed by atoms with Crippen LogP contribution in [0.4, 0.5) is 10.6 Å². The summed E-state index contributed by atoms with van der Waals surface area (Å²) in [5.74, 6) is 0.956. The number of pyridine rings is 1. The Morgan fingerprint density at radius 2 is 1.96 bits per heavy atom. The van der Waals surface area contributed by atoms with Gasteiger partial charge in [-0.05, 0) is 18.2 Å². The molecule has 0 aliphatic rings. The number of aromatic nitrogens is 5. The highest BCUT2D eigenvalue weighted by Gasteiger charge is 2.15. The monoisotopic (exact) mass is 363 g/mol. The zero-order valence-electron chi connectivity index (χ0n) is 14.8. The van der Waals surface area contributed by atoms with Crippen molar-refractivity contribution in [2.45, 2.75) is 6.54 Å². The molecule has 1 N–H and O–H groups in total. The molecule has 4 aromatic rings. The van der Waals surface area contributed by atoms with Crippen molar-refractivity contribution in [1.29, 1.82) is 0 Å². The predicted molar refractivity (Wildman–Crippen MR) is 100 cm³/mol. The Labute approximate surface area is 153 Å². The number of amides is 2. The molecule has 0 spiro atoms. The molecular formula is C18H17N7O2. The van der Waals surface area contributed by atoms with Crippen LogP contribution in [-0.4, -0.2) is 42.1 Å². The largest absolute Gasteiger partial charge is 0.323 e. The normalized spacial score (nSPS) is 11.0. The maximum atomic E-state index is 12.5. The number of nitrogens with zero attached hydrogens (tertiary/aromatic N) is 6. The van der Waals surface area contributed by atoms with E-state index in [0.717, 1.165) is 10.9 Å². The van der Waals surface area contributed by atoms with Crippen LogP contribution in [0.5, 0.6) is 0 Å². The van der Waals surface area contributed by atoms with Gasteiger partial charge in [0.25, 0.3) is 5.56 Å². The summed E-state index contributed by atoms with van der Waals surface area (Å²) < 4.78 is 3.01. The third-order valence-corrected chi connectivity index (χ3v) is 4.28. The molecule has 0 aliphatic heterocycles. The Kier molecular flexibility index (Phi) is 4.03. The topological polar surface area (TPSA) is 97.4 Å². The van der Waals surface area contributed by atoms with Crippen molar-refractivity contribution in [2.24, 2.45) is 7.05 Å². The molecule has 3 aromatic heterocycles. The molecule has 3 heterocycles. The van der Waals surface area contributed by atoms with Crippen molar-refractivity contribution in [3.8, 4) is 0 Å². The maximum Gasteiger partial charge on any atom is 0.323 e. The maximum absolute atomic E-state index is 12.5. The zero-order chi connectivity index (χ0) is 19.0. The standard InChI is InChI=1S/C18H17N7O2/c1-23-9-10-25-15(21-22-16(25)17(23)26)11-24(2)18(27)20-14-8-7-12-5-3-4-6-13(12)19-14/h3-10H,11H2,1-2H3,(H,19,20,27). The Hall–Kier alpha value is -3.75. The summed E-state index contributed by atoms with van der Waals surface area (Å²) in [5, 5.41) is 11.7. The summed E-state index contributed by atoms with van der Waals surface area (Å²) in [6.45, 7) is 0.188. The lowest BCUT2D eigenvalue weighted by molar-refractivity contribution is 0.219. The van der Waals surface area contributed by atoms with E-state index in [1.165, 1.54) is 9.47 Å². The van der Waals surface area contributed by atoms with Crippen molar-refractivity contribution in [1.82, 2.24) is 29.0 Å². The number of aryl methyl sites for hydroxylation is 1. The number of nitrogens with one attached hydrogen (secondary N) is 1. The molecule has 9 nitrogen and oxygen atoms in total. The molecule has 136 valence electrons. The fraction of sp³-hybridized carbons (Fsp3) is 0.167. The minimum Gasteiger partial charge on any atom is -0.320 e. The van der Waals surface area contributed by atoms with Gasteiger partial charge in [0.1, 0.15) is 5.82 Å². The highest BCUT2D eigenvalue weighted by molar-refractivity contribution is 5.90. The smallest absolute Gasteiger partial charge is 0.320 e. The van der Waals surface area contributed by atoms with Gasteiger partial charge in [-0.3, -0.25) is 14.5 Å². The number of para-hydroxylation sites is 1. The number of carbonyl (C=O) groups is 1. The van der Waals surface area contributed by atoms with Gasteiger partial charge in [0.05, 0.1) is 12.1 Å². The molecule has 0 saturated carbocycles. The number of anilines is 1. The van der Waals surface area contributed by atoms with E-state index in [4.69, 9.17) is 0 Å². The van der Waals surface area contributed by atoms with Crippen LogP contribution in [-0.2, 0) is 13.6 Å². The van der Waals surface area contributed by atoms with E-state index in [9.17, 15) is 9.59 Å². The number of hydrogen-bond donors (Lipinski definition) is 1. The summed E-state index contributed by atoms with van der Waals surface area (Å²) in [6, 6.07) is 11.0. The second kappa shape index (κ2) is 6.52. The van der Waals surface area contributed by atoms with Gasteiger partial charge in [-0.2, -0.15) is 0 Å². The lowest BCUT2D eigenvalue weighted by Crippen LogP contribution is -2.32. The van der Waals surface area contributed by atoms with Crippen LogP contribution in [0.25, 0.3) is 16.6 Å². The van der Waals surface area contributed by atoms with E-state index in [-0.39, 0.29) is 23.8 Å². The fourth-order valence-corrected chi connectivity index (χ4v) is 2.75. The Bertz CT molecular complexity index is 1210. The van der Waals surface area contributed by atoms with Crippen LogP contribution in [0.1, 0.15) is 5.82 Å². The van der Waals surface area contributed by atoms with E-state index >= 15 is 0 Å². The average molecular weight is 363 g/mol. The quantitative estimate of drug-likeness (QED) is 0.597. The third kappa shape index (κ3) is 3.10. The van der Waals surface area contributed by atoms with E-state index in [0.29, 0.717) is 11.6 Å². The van der Waals surface area contributed by atoms with Gasteiger partial charge < -0.3 is 9.47 Å². The second-order valence-electron chi connectivity index (χ2n) is 6.20. The van der Waals surface area contributed by atoms with Crippen LogP contribution >= 0.6 is 0 Å². The van der Waals surface area contributed by atoms with Crippen LogP contribution in [0.15, 0.2) is 53.6 Å². The minimum absolute atomic E-state index is 0.188. The fourth-order valence-electron chi connectivity index (χ4n) is 2.75. The molecule has 27 heavy (non-hydrogen) atoms. The first-order valence-electron chi connectivity index (χ1n) is 8.30. The molecule has 0 atom stereocenters. The molecular weight excluding hydrogens is 346 g/mol. The van der Waals surface area contributed by atoms with Crippen molar-refractivity contribution in [3.05, 3.63) is 65.0 Å².